The quantitative estimate of drug-likeness (QED) is 0.732. The minimum absolute atomic E-state index is 0.0483. The lowest BCUT2D eigenvalue weighted by Crippen LogP contribution is -2.53. The Morgan fingerprint density at radius 1 is 1.28 bits per heavy atom. The van der Waals surface area contributed by atoms with E-state index in [2.05, 4.69) is 10.0 Å². The fourth-order valence-electron chi connectivity index (χ4n) is 2.46. The standard InChI is InChI=1S/C12H27N3O2S/c1-4-11(5-2)14-18(16,17)15-9-7-6-8-12(15)10-13-3/h11-14H,4-10H2,1-3H3. The molecule has 1 atom stereocenters. The van der Waals surface area contributed by atoms with Crippen molar-refractivity contribution >= 4 is 10.2 Å². The molecule has 108 valence electrons. The molecule has 5 nitrogen and oxygen atoms in total. The van der Waals surface area contributed by atoms with Gasteiger partial charge in [-0.1, -0.05) is 20.3 Å². The number of nitrogens with zero attached hydrogens (tertiary/aromatic N) is 1. The molecule has 2 N–H and O–H groups in total. The molecule has 1 aliphatic heterocycles. The normalized spacial score (nSPS) is 22.6. The Balaban J connectivity index is 2.74. The zero-order valence-corrected chi connectivity index (χ0v) is 12.6. The molecule has 1 aliphatic rings. The Hall–Kier alpha value is -0.170. The Morgan fingerprint density at radius 2 is 1.94 bits per heavy atom. The van der Waals surface area contributed by atoms with E-state index in [1.165, 1.54) is 0 Å². The maximum atomic E-state index is 12.4. The third-order valence-corrected chi connectivity index (χ3v) is 5.35. The van der Waals surface area contributed by atoms with Gasteiger partial charge in [-0.25, -0.2) is 0 Å². The zero-order chi connectivity index (χ0) is 13.6. The predicted octanol–water partition coefficient (Wildman–Crippen LogP) is 1.08. The molecule has 0 amide bonds. The monoisotopic (exact) mass is 277 g/mol. The van der Waals surface area contributed by atoms with Gasteiger partial charge in [0.25, 0.3) is 10.2 Å². The summed E-state index contributed by atoms with van der Waals surface area (Å²) in [5.41, 5.74) is 0. The molecule has 6 heteroatoms. The van der Waals surface area contributed by atoms with Crippen LogP contribution in [0.25, 0.3) is 0 Å². The second-order valence-corrected chi connectivity index (χ2v) is 6.61. The van der Waals surface area contributed by atoms with Crippen LogP contribution >= 0.6 is 0 Å². The largest absolute Gasteiger partial charge is 0.318 e. The summed E-state index contributed by atoms with van der Waals surface area (Å²) in [4.78, 5) is 0. The van der Waals surface area contributed by atoms with Crippen molar-refractivity contribution in [3.8, 4) is 0 Å². The molecule has 1 rings (SSSR count). The van der Waals surface area contributed by atoms with Crippen LogP contribution in [0.5, 0.6) is 0 Å². The smallest absolute Gasteiger partial charge is 0.279 e. The van der Waals surface area contributed by atoms with Gasteiger partial charge in [0.15, 0.2) is 0 Å². The summed E-state index contributed by atoms with van der Waals surface area (Å²) < 4.78 is 29.2. The number of piperidine rings is 1. The number of likely N-dealkylation sites (N-methyl/N-ethyl adjacent to an activating group) is 1. The molecule has 0 aromatic heterocycles. The molecule has 0 bridgehead atoms. The number of hydrogen-bond acceptors (Lipinski definition) is 3. The molecule has 1 fully saturated rings. The summed E-state index contributed by atoms with van der Waals surface area (Å²) >= 11 is 0. The van der Waals surface area contributed by atoms with Crippen LogP contribution in [0.4, 0.5) is 0 Å². The summed E-state index contributed by atoms with van der Waals surface area (Å²) in [6.45, 7) is 5.39. The number of rotatable bonds is 7. The molecule has 0 aromatic carbocycles. The molecular weight excluding hydrogens is 250 g/mol. The van der Waals surface area contributed by atoms with Crippen LogP contribution in [0.1, 0.15) is 46.0 Å². The van der Waals surface area contributed by atoms with Gasteiger partial charge in [0, 0.05) is 25.2 Å². The third kappa shape index (κ3) is 4.19. The van der Waals surface area contributed by atoms with Crippen LogP contribution in [0.3, 0.4) is 0 Å². The molecule has 0 radical (unpaired) electrons. The van der Waals surface area contributed by atoms with Crippen molar-refractivity contribution in [3.63, 3.8) is 0 Å². The van der Waals surface area contributed by atoms with Gasteiger partial charge in [-0.15, -0.1) is 0 Å². The second-order valence-electron chi connectivity index (χ2n) is 4.95. The van der Waals surface area contributed by atoms with Crippen molar-refractivity contribution in [1.29, 1.82) is 0 Å². The summed E-state index contributed by atoms with van der Waals surface area (Å²) in [7, 11) is -1.47. The lowest BCUT2D eigenvalue weighted by atomic mass is 10.1. The highest BCUT2D eigenvalue weighted by atomic mass is 32.2. The highest BCUT2D eigenvalue weighted by Gasteiger charge is 2.32. The maximum absolute atomic E-state index is 12.4. The first-order chi connectivity index (χ1) is 8.55. The van der Waals surface area contributed by atoms with E-state index >= 15 is 0 Å². The van der Waals surface area contributed by atoms with Crippen LogP contribution in [-0.2, 0) is 10.2 Å². The molecule has 1 unspecified atom stereocenters. The van der Waals surface area contributed by atoms with Crippen molar-refractivity contribution in [2.24, 2.45) is 0 Å². The Bertz CT molecular complexity index is 326. The molecular formula is C12H27N3O2S. The van der Waals surface area contributed by atoms with Crippen molar-refractivity contribution in [2.75, 3.05) is 20.1 Å². The van der Waals surface area contributed by atoms with Crippen LogP contribution < -0.4 is 10.0 Å². The van der Waals surface area contributed by atoms with Gasteiger partial charge < -0.3 is 5.32 Å². The van der Waals surface area contributed by atoms with E-state index in [0.717, 1.165) is 38.6 Å². The lowest BCUT2D eigenvalue weighted by molar-refractivity contribution is 0.244. The van der Waals surface area contributed by atoms with E-state index in [0.29, 0.717) is 6.54 Å². The molecule has 0 aliphatic carbocycles. The van der Waals surface area contributed by atoms with Crippen molar-refractivity contribution in [2.45, 2.75) is 58.0 Å². The van der Waals surface area contributed by atoms with Crippen molar-refractivity contribution in [1.82, 2.24) is 14.3 Å². The summed E-state index contributed by atoms with van der Waals surface area (Å²) in [5.74, 6) is 0. The van der Waals surface area contributed by atoms with Crippen molar-refractivity contribution in [3.05, 3.63) is 0 Å². The van der Waals surface area contributed by atoms with Gasteiger partial charge in [0.05, 0.1) is 0 Å². The maximum Gasteiger partial charge on any atom is 0.279 e. The van der Waals surface area contributed by atoms with E-state index in [1.807, 2.05) is 20.9 Å². The second kappa shape index (κ2) is 7.43. The molecule has 0 spiro atoms. The van der Waals surface area contributed by atoms with Gasteiger partial charge in [0.2, 0.25) is 0 Å². The van der Waals surface area contributed by atoms with E-state index in [9.17, 15) is 8.42 Å². The van der Waals surface area contributed by atoms with Crippen LogP contribution in [0, 0.1) is 0 Å². The van der Waals surface area contributed by atoms with Crippen LogP contribution in [-0.4, -0.2) is 44.9 Å². The van der Waals surface area contributed by atoms with Gasteiger partial charge in [-0.3, -0.25) is 0 Å². The molecule has 0 aromatic rings. The SMILES string of the molecule is CCC(CC)NS(=O)(=O)N1CCCCC1CNC. The molecule has 1 heterocycles. The number of hydrogen-bond donors (Lipinski definition) is 2. The minimum Gasteiger partial charge on any atom is -0.318 e. The van der Waals surface area contributed by atoms with Gasteiger partial charge in [-0.05, 0) is 32.7 Å². The Labute approximate surface area is 112 Å². The minimum atomic E-state index is -3.33. The fraction of sp³-hybridized carbons (Fsp3) is 1.00. The third-order valence-electron chi connectivity index (χ3n) is 3.62. The topological polar surface area (TPSA) is 61.4 Å². The molecule has 18 heavy (non-hydrogen) atoms. The van der Waals surface area contributed by atoms with Crippen LogP contribution in [0.15, 0.2) is 0 Å². The predicted molar refractivity (Wildman–Crippen MR) is 74.7 cm³/mol. The lowest BCUT2D eigenvalue weighted by Gasteiger charge is -2.35. The highest BCUT2D eigenvalue weighted by Crippen LogP contribution is 2.19. The Kier molecular flexibility index (Phi) is 6.55. The molecule has 0 saturated carbocycles. The average molecular weight is 277 g/mol. The zero-order valence-electron chi connectivity index (χ0n) is 11.8. The first kappa shape index (κ1) is 15.9. The summed E-state index contributed by atoms with van der Waals surface area (Å²) in [5, 5.41) is 3.09. The average Bonchev–Trinajstić information content (AvgIpc) is 2.37. The number of nitrogens with one attached hydrogen (secondary N) is 2. The van der Waals surface area contributed by atoms with E-state index in [4.69, 9.17) is 0 Å². The highest BCUT2D eigenvalue weighted by molar-refractivity contribution is 7.87. The molecule has 1 saturated heterocycles. The van der Waals surface area contributed by atoms with E-state index < -0.39 is 10.2 Å². The fourth-order valence-corrected chi connectivity index (χ4v) is 4.30. The summed E-state index contributed by atoms with van der Waals surface area (Å²) in [6.07, 6.45) is 4.69. The van der Waals surface area contributed by atoms with E-state index in [-0.39, 0.29) is 12.1 Å². The van der Waals surface area contributed by atoms with Gasteiger partial charge in [0.1, 0.15) is 0 Å². The van der Waals surface area contributed by atoms with Gasteiger partial charge >= 0.3 is 0 Å². The van der Waals surface area contributed by atoms with E-state index in [1.54, 1.807) is 4.31 Å². The van der Waals surface area contributed by atoms with Crippen molar-refractivity contribution < 1.29 is 8.42 Å². The Morgan fingerprint density at radius 3 is 2.50 bits per heavy atom. The first-order valence-electron chi connectivity index (χ1n) is 6.98. The van der Waals surface area contributed by atoms with Gasteiger partial charge in [-0.2, -0.15) is 17.4 Å². The van der Waals surface area contributed by atoms with Crippen LogP contribution in [0.2, 0.25) is 0 Å². The summed E-state index contributed by atoms with van der Waals surface area (Å²) in [6, 6.07) is 0.141. The first-order valence-corrected chi connectivity index (χ1v) is 8.42.